The highest BCUT2D eigenvalue weighted by Crippen LogP contribution is 2.31. The first-order chi connectivity index (χ1) is 10.5. The summed E-state index contributed by atoms with van der Waals surface area (Å²) in [5, 5.41) is 9.50. The number of benzene rings is 1. The van der Waals surface area contributed by atoms with Gasteiger partial charge in [-0.1, -0.05) is 18.2 Å². The van der Waals surface area contributed by atoms with Crippen molar-refractivity contribution < 1.29 is 18.3 Å². The first-order valence-electron chi connectivity index (χ1n) is 7.31. The van der Waals surface area contributed by atoms with Crippen molar-refractivity contribution in [2.45, 2.75) is 37.9 Å². The molecular weight excluding hydrogens is 293 g/mol. The Morgan fingerprint density at radius 3 is 2.86 bits per heavy atom. The van der Waals surface area contributed by atoms with E-state index in [0.29, 0.717) is 17.8 Å². The van der Waals surface area contributed by atoms with E-state index in [1.165, 1.54) is 12.1 Å². The van der Waals surface area contributed by atoms with Gasteiger partial charge in [0, 0.05) is 18.3 Å². The van der Waals surface area contributed by atoms with Gasteiger partial charge in [-0.15, -0.1) is 0 Å². The van der Waals surface area contributed by atoms with E-state index in [4.69, 9.17) is 0 Å². The van der Waals surface area contributed by atoms with Crippen molar-refractivity contribution in [1.29, 1.82) is 0 Å². The fourth-order valence-corrected chi connectivity index (χ4v) is 3.06. The van der Waals surface area contributed by atoms with Crippen LogP contribution in [0, 0.1) is 0 Å². The van der Waals surface area contributed by atoms with Crippen molar-refractivity contribution in [3.63, 3.8) is 0 Å². The Hall–Kier alpha value is -1.82. The lowest BCUT2D eigenvalue weighted by Crippen LogP contribution is -2.22. The number of imidazole rings is 1. The summed E-state index contributed by atoms with van der Waals surface area (Å²) in [6.07, 6.45) is 0.530. The summed E-state index contributed by atoms with van der Waals surface area (Å²) in [5.41, 5.74) is 0.979. The minimum atomic E-state index is -4.34. The largest absolute Gasteiger partial charge is 0.416 e. The van der Waals surface area contributed by atoms with Gasteiger partial charge in [0.2, 0.25) is 0 Å². The summed E-state index contributed by atoms with van der Waals surface area (Å²) in [7, 11) is 0. The topological polar surface area (TPSA) is 38.1 Å². The zero-order chi connectivity index (χ0) is 15.7. The minimum Gasteiger partial charge on any atom is -0.394 e. The molecule has 118 valence electrons. The highest BCUT2D eigenvalue weighted by atomic mass is 19.4. The van der Waals surface area contributed by atoms with Crippen molar-refractivity contribution in [3.05, 3.63) is 53.1 Å². The van der Waals surface area contributed by atoms with E-state index in [9.17, 15) is 18.3 Å². The van der Waals surface area contributed by atoms with Crippen LogP contribution in [0.3, 0.4) is 0 Å². The van der Waals surface area contributed by atoms with Crippen LogP contribution in [0.5, 0.6) is 0 Å². The summed E-state index contributed by atoms with van der Waals surface area (Å²) in [6.45, 7) is 0.0267. The second kappa shape index (κ2) is 5.76. The molecule has 0 saturated heterocycles. The van der Waals surface area contributed by atoms with Crippen molar-refractivity contribution in [1.82, 2.24) is 9.55 Å². The van der Waals surface area contributed by atoms with Gasteiger partial charge in [0.05, 0.1) is 18.2 Å². The fourth-order valence-electron chi connectivity index (χ4n) is 3.06. The highest BCUT2D eigenvalue weighted by molar-refractivity contribution is 5.28. The summed E-state index contributed by atoms with van der Waals surface area (Å²) in [6, 6.07) is 5.31. The van der Waals surface area contributed by atoms with Crippen LogP contribution < -0.4 is 0 Å². The van der Waals surface area contributed by atoms with Crippen LogP contribution in [-0.2, 0) is 19.0 Å². The molecule has 1 atom stereocenters. The zero-order valence-corrected chi connectivity index (χ0v) is 12.0. The Balaban J connectivity index is 1.90. The van der Waals surface area contributed by atoms with Gasteiger partial charge in [0.1, 0.15) is 5.82 Å². The molecule has 1 N–H and O–H groups in total. The van der Waals surface area contributed by atoms with Gasteiger partial charge >= 0.3 is 6.18 Å². The molecule has 3 nitrogen and oxygen atoms in total. The number of hydrogen-bond acceptors (Lipinski definition) is 2. The van der Waals surface area contributed by atoms with Gasteiger partial charge in [-0.05, 0) is 30.9 Å². The van der Waals surface area contributed by atoms with E-state index >= 15 is 0 Å². The molecule has 2 heterocycles. The number of aryl methyl sites for hydroxylation is 1. The van der Waals surface area contributed by atoms with E-state index in [-0.39, 0.29) is 12.6 Å². The van der Waals surface area contributed by atoms with Crippen molar-refractivity contribution in [2.75, 3.05) is 6.61 Å². The van der Waals surface area contributed by atoms with Gasteiger partial charge in [-0.25, -0.2) is 4.98 Å². The predicted octanol–water partition coefficient (Wildman–Crippen LogP) is 3.36. The smallest absolute Gasteiger partial charge is 0.394 e. The maximum atomic E-state index is 12.8. The number of fused-ring (bicyclic) bond motifs is 1. The molecule has 0 aliphatic carbocycles. The molecule has 0 fully saturated rings. The van der Waals surface area contributed by atoms with Gasteiger partial charge in [0.25, 0.3) is 0 Å². The molecular formula is C16H17F3N2O. The lowest BCUT2D eigenvalue weighted by atomic mass is 10.0. The van der Waals surface area contributed by atoms with Crippen molar-refractivity contribution >= 4 is 0 Å². The van der Waals surface area contributed by atoms with Crippen LogP contribution in [0.15, 0.2) is 30.5 Å². The number of hydrogen-bond donors (Lipinski definition) is 1. The third-order valence-corrected chi connectivity index (χ3v) is 4.11. The Labute approximate surface area is 126 Å². The minimum absolute atomic E-state index is 0.0213. The SMILES string of the molecule is OCC1CCCc2cnc(Cc3cccc(C(F)(F)F)c3)n21. The molecule has 6 heteroatoms. The molecule has 1 aromatic heterocycles. The first kappa shape index (κ1) is 15.1. The molecule has 0 saturated carbocycles. The molecule has 22 heavy (non-hydrogen) atoms. The quantitative estimate of drug-likeness (QED) is 0.944. The van der Waals surface area contributed by atoms with Gasteiger partial charge in [0.15, 0.2) is 0 Å². The summed E-state index contributed by atoms with van der Waals surface area (Å²) >= 11 is 0. The van der Waals surface area contributed by atoms with Crippen molar-refractivity contribution in [3.8, 4) is 0 Å². The number of halogens is 3. The molecule has 3 rings (SSSR count). The Morgan fingerprint density at radius 2 is 2.14 bits per heavy atom. The number of rotatable bonds is 3. The maximum Gasteiger partial charge on any atom is 0.416 e. The van der Waals surface area contributed by atoms with Crippen LogP contribution in [0.1, 0.15) is 41.5 Å². The molecule has 0 bridgehead atoms. The van der Waals surface area contributed by atoms with E-state index in [1.54, 1.807) is 12.3 Å². The number of aliphatic hydroxyl groups excluding tert-OH is 1. The normalized spacial score (nSPS) is 18.3. The standard InChI is InChI=1S/C16H17F3N2O/c17-16(18,19)12-4-1-3-11(7-12)8-15-20-9-13-5-2-6-14(10-22)21(13)15/h1,3-4,7,9,14,22H,2,5-6,8,10H2. The third-order valence-electron chi connectivity index (χ3n) is 4.11. The monoisotopic (exact) mass is 310 g/mol. The number of aromatic nitrogens is 2. The molecule has 0 radical (unpaired) electrons. The van der Waals surface area contributed by atoms with Crippen molar-refractivity contribution in [2.24, 2.45) is 0 Å². The first-order valence-corrected chi connectivity index (χ1v) is 7.31. The van der Waals surface area contributed by atoms with Gasteiger partial charge in [-0.2, -0.15) is 13.2 Å². The summed E-state index contributed by atoms with van der Waals surface area (Å²) < 4.78 is 40.3. The zero-order valence-electron chi connectivity index (χ0n) is 12.0. The number of alkyl halides is 3. The molecule has 1 unspecified atom stereocenters. The fraction of sp³-hybridized carbons (Fsp3) is 0.438. The van der Waals surface area contributed by atoms with Gasteiger partial charge in [-0.3, -0.25) is 0 Å². The molecule has 1 aromatic carbocycles. The third kappa shape index (κ3) is 2.88. The molecule has 1 aliphatic heterocycles. The Kier molecular flexibility index (Phi) is 3.95. The molecule has 1 aliphatic rings. The van der Waals surface area contributed by atoms with E-state index in [2.05, 4.69) is 4.98 Å². The highest BCUT2D eigenvalue weighted by Gasteiger charge is 2.30. The maximum absolute atomic E-state index is 12.8. The van der Waals surface area contributed by atoms with Gasteiger partial charge < -0.3 is 9.67 Å². The second-order valence-corrected chi connectivity index (χ2v) is 5.64. The lowest BCUT2D eigenvalue weighted by molar-refractivity contribution is -0.137. The van der Waals surface area contributed by atoms with Crippen LogP contribution in [0.4, 0.5) is 13.2 Å². The Bertz CT molecular complexity index is 664. The number of nitrogens with zero attached hydrogens (tertiary/aromatic N) is 2. The molecule has 2 aromatic rings. The second-order valence-electron chi connectivity index (χ2n) is 5.64. The van der Waals surface area contributed by atoms with Crippen LogP contribution in [0.2, 0.25) is 0 Å². The Morgan fingerprint density at radius 1 is 1.32 bits per heavy atom. The van der Waals surface area contributed by atoms with Crippen LogP contribution in [0.25, 0.3) is 0 Å². The average Bonchev–Trinajstić information content (AvgIpc) is 2.90. The lowest BCUT2D eigenvalue weighted by Gasteiger charge is -2.25. The average molecular weight is 310 g/mol. The molecule has 0 amide bonds. The van der Waals surface area contributed by atoms with E-state index in [0.717, 1.165) is 31.0 Å². The number of aliphatic hydroxyl groups is 1. The van der Waals surface area contributed by atoms with Crippen LogP contribution in [-0.4, -0.2) is 21.3 Å². The van der Waals surface area contributed by atoms with E-state index < -0.39 is 11.7 Å². The summed E-state index contributed by atoms with van der Waals surface area (Å²) in [4.78, 5) is 4.35. The predicted molar refractivity (Wildman–Crippen MR) is 75.5 cm³/mol. The van der Waals surface area contributed by atoms with E-state index in [1.807, 2.05) is 4.57 Å². The summed E-state index contributed by atoms with van der Waals surface area (Å²) in [5.74, 6) is 0.716. The molecule has 0 spiro atoms. The van der Waals surface area contributed by atoms with Crippen LogP contribution >= 0.6 is 0 Å².